The number of aldehydes is 1. The fourth-order valence-electron chi connectivity index (χ4n) is 4.57. The van der Waals surface area contributed by atoms with Crippen molar-refractivity contribution in [2.75, 3.05) is 6.61 Å². The molecular formula is C30H30O2Si. The lowest BCUT2D eigenvalue weighted by Crippen LogP contribution is -2.70. The molecule has 0 fully saturated rings. The molecule has 0 aliphatic rings. The van der Waals surface area contributed by atoms with E-state index in [4.69, 9.17) is 4.43 Å². The summed E-state index contributed by atoms with van der Waals surface area (Å²) in [4.78, 5) is 12.7. The summed E-state index contributed by atoms with van der Waals surface area (Å²) in [6, 6.07) is 41.5. The van der Waals surface area contributed by atoms with Crippen molar-refractivity contribution in [2.24, 2.45) is 5.92 Å². The number of rotatable bonds is 9. The molecule has 3 heteroatoms. The van der Waals surface area contributed by atoms with Crippen LogP contribution < -0.4 is 15.6 Å². The minimum Gasteiger partial charge on any atom is -0.403 e. The molecule has 2 nitrogen and oxygen atoms in total. The van der Waals surface area contributed by atoms with Crippen molar-refractivity contribution in [3.05, 3.63) is 127 Å². The largest absolute Gasteiger partial charge is 0.403 e. The van der Waals surface area contributed by atoms with E-state index in [1.54, 1.807) is 0 Å². The molecule has 0 heterocycles. The van der Waals surface area contributed by atoms with E-state index in [1.165, 1.54) is 15.6 Å². The van der Waals surface area contributed by atoms with Crippen molar-refractivity contribution in [1.82, 2.24) is 0 Å². The third kappa shape index (κ3) is 4.34. The number of hydrogen-bond donors (Lipinski definition) is 0. The monoisotopic (exact) mass is 450 g/mol. The van der Waals surface area contributed by atoms with E-state index in [-0.39, 0.29) is 5.92 Å². The van der Waals surface area contributed by atoms with Gasteiger partial charge in [0.25, 0.3) is 8.32 Å². The minimum atomic E-state index is -2.89. The molecule has 0 aliphatic carbocycles. The summed E-state index contributed by atoms with van der Waals surface area (Å²) in [5.41, 5.74) is 0.254. The summed E-state index contributed by atoms with van der Waals surface area (Å²) in [6.07, 6.45) is 1.09. The van der Waals surface area contributed by atoms with Crippen LogP contribution in [-0.2, 0) is 14.6 Å². The van der Waals surface area contributed by atoms with Crippen LogP contribution >= 0.6 is 0 Å². The fourth-order valence-corrected chi connectivity index (χ4v) is 8.51. The van der Waals surface area contributed by atoms with Gasteiger partial charge in [-0.1, -0.05) is 135 Å². The van der Waals surface area contributed by atoms with Crippen molar-refractivity contribution in [2.45, 2.75) is 19.3 Å². The normalized spacial score (nSPS) is 13.4. The molecule has 0 bridgehead atoms. The molecule has 0 saturated carbocycles. The fraction of sp³-hybridized carbons (Fsp3) is 0.167. The maximum Gasteiger partial charge on any atom is 0.288 e. The summed E-state index contributed by atoms with van der Waals surface area (Å²) in [6.45, 7) is 4.51. The van der Waals surface area contributed by atoms with Gasteiger partial charge in [0, 0.05) is 0 Å². The lowest BCUT2D eigenvalue weighted by atomic mass is 9.73. The van der Waals surface area contributed by atoms with Gasteiger partial charge in [-0.15, -0.1) is 0 Å². The SMILES string of the molecule is CC(C)C(C=O)(CO[Si](c1ccccc1)(c1ccccc1)c1ccccc1)c1ccccc1. The van der Waals surface area contributed by atoms with E-state index in [9.17, 15) is 4.79 Å². The second kappa shape index (κ2) is 10.1. The highest BCUT2D eigenvalue weighted by molar-refractivity contribution is 7.07. The van der Waals surface area contributed by atoms with Crippen LogP contribution in [0.15, 0.2) is 121 Å². The number of carbonyl (C=O) groups excluding carboxylic acids is 1. The highest BCUT2D eigenvalue weighted by Gasteiger charge is 2.45. The third-order valence-electron chi connectivity index (χ3n) is 6.62. The highest BCUT2D eigenvalue weighted by atomic mass is 28.4. The van der Waals surface area contributed by atoms with Crippen molar-refractivity contribution < 1.29 is 9.22 Å². The van der Waals surface area contributed by atoms with Crippen LogP contribution in [0, 0.1) is 5.92 Å². The average molecular weight is 451 g/mol. The number of hydrogen-bond acceptors (Lipinski definition) is 2. The van der Waals surface area contributed by atoms with Crippen LogP contribution in [0.4, 0.5) is 0 Å². The number of carbonyl (C=O) groups is 1. The molecule has 4 rings (SSSR count). The van der Waals surface area contributed by atoms with Crippen LogP contribution in [-0.4, -0.2) is 21.2 Å². The summed E-state index contributed by atoms with van der Waals surface area (Å²) in [5.74, 6) is 0.0754. The van der Waals surface area contributed by atoms with Crippen LogP contribution in [0.5, 0.6) is 0 Å². The van der Waals surface area contributed by atoms with E-state index in [1.807, 2.05) is 48.5 Å². The Labute approximate surface area is 198 Å². The van der Waals surface area contributed by atoms with Gasteiger partial charge in [-0.2, -0.15) is 0 Å². The zero-order valence-corrected chi connectivity index (χ0v) is 20.2. The second-order valence-electron chi connectivity index (χ2n) is 8.75. The first-order chi connectivity index (χ1) is 16.1. The Morgan fingerprint density at radius 2 is 1.03 bits per heavy atom. The molecule has 0 amide bonds. The Morgan fingerprint density at radius 1 is 0.667 bits per heavy atom. The molecule has 0 radical (unpaired) electrons. The van der Waals surface area contributed by atoms with Gasteiger partial charge in [0.1, 0.15) is 6.29 Å². The first kappa shape index (κ1) is 22.9. The van der Waals surface area contributed by atoms with Gasteiger partial charge < -0.3 is 9.22 Å². The first-order valence-corrected chi connectivity index (χ1v) is 13.4. The highest BCUT2D eigenvalue weighted by Crippen LogP contribution is 2.32. The van der Waals surface area contributed by atoms with Gasteiger partial charge in [0.2, 0.25) is 0 Å². The predicted molar refractivity (Wildman–Crippen MR) is 139 cm³/mol. The topological polar surface area (TPSA) is 26.3 Å². The average Bonchev–Trinajstić information content (AvgIpc) is 2.89. The van der Waals surface area contributed by atoms with Crippen molar-refractivity contribution in [3.63, 3.8) is 0 Å². The van der Waals surface area contributed by atoms with Gasteiger partial charge in [-0.05, 0) is 27.0 Å². The van der Waals surface area contributed by atoms with Gasteiger partial charge >= 0.3 is 0 Å². The van der Waals surface area contributed by atoms with Gasteiger partial charge in [0.15, 0.2) is 0 Å². The molecule has 0 spiro atoms. The van der Waals surface area contributed by atoms with E-state index in [0.717, 1.165) is 11.8 Å². The predicted octanol–water partition coefficient (Wildman–Crippen LogP) is 4.46. The lowest BCUT2D eigenvalue weighted by Gasteiger charge is -2.39. The molecule has 1 atom stereocenters. The van der Waals surface area contributed by atoms with E-state index in [2.05, 4.69) is 86.6 Å². The summed E-state index contributed by atoms with van der Waals surface area (Å²) >= 11 is 0. The molecule has 0 saturated heterocycles. The molecule has 4 aromatic carbocycles. The molecule has 33 heavy (non-hydrogen) atoms. The molecular weight excluding hydrogens is 420 g/mol. The summed E-state index contributed by atoms with van der Waals surface area (Å²) in [7, 11) is -2.89. The van der Waals surface area contributed by atoms with E-state index >= 15 is 0 Å². The standard InChI is InChI=1S/C30H30O2Si/c1-25(2)30(23-31,26-15-7-3-8-16-26)24-32-33(27-17-9-4-10-18-27,28-19-11-5-12-20-28)29-21-13-6-14-22-29/h3-23,25H,24H2,1-2H3. The molecule has 0 N–H and O–H groups in total. The maximum absolute atomic E-state index is 12.7. The van der Waals surface area contributed by atoms with Gasteiger partial charge in [0.05, 0.1) is 12.0 Å². The van der Waals surface area contributed by atoms with Crippen molar-refractivity contribution in [3.8, 4) is 0 Å². The van der Waals surface area contributed by atoms with Crippen molar-refractivity contribution in [1.29, 1.82) is 0 Å². The van der Waals surface area contributed by atoms with Crippen LogP contribution in [0.25, 0.3) is 0 Å². The maximum atomic E-state index is 12.7. The smallest absolute Gasteiger partial charge is 0.288 e. The number of benzene rings is 4. The van der Waals surface area contributed by atoms with Gasteiger partial charge in [-0.25, -0.2) is 0 Å². The van der Waals surface area contributed by atoms with Crippen molar-refractivity contribution >= 4 is 30.2 Å². The Bertz CT molecular complexity index is 1050. The third-order valence-corrected chi connectivity index (χ3v) is 10.6. The Hall–Kier alpha value is -3.27. The zero-order valence-electron chi connectivity index (χ0n) is 19.2. The second-order valence-corrected chi connectivity index (χ2v) is 12.1. The quantitative estimate of drug-likeness (QED) is 0.214. The molecule has 0 aliphatic heterocycles. The summed E-state index contributed by atoms with van der Waals surface area (Å²) in [5, 5.41) is 3.50. The zero-order chi connectivity index (χ0) is 23.2. The van der Waals surface area contributed by atoms with E-state index < -0.39 is 13.7 Å². The van der Waals surface area contributed by atoms with Crippen LogP contribution in [0.1, 0.15) is 19.4 Å². The molecule has 0 aromatic heterocycles. The van der Waals surface area contributed by atoms with Gasteiger partial charge in [-0.3, -0.25) is 0 Å². The van der Waals surface area contributed by atoms with Crippen LogP contribution in [0.2, 0.25) is 0 Å². The van der Waals surface area contributed by atoms with E-state index in [0.29, 0.717) is 6.61 Å². The molecule has 166 valence electrons. The van der Waals surface area contributed by atoms with Crippen LogP contribution in [0.3, 0.4) is 0 Å². The lowest BCUT2D eigenvalue weighted by molar-refractivity contribution is -0.115. The molecule has 1 unspecified atom stereocenters. The Morgan fingerprint density at radius 3 is 1.36 bits per heavy atom. The Kier molecular flexibility index (Phi) is 7.02. The minimum absolute atomic E-state index is 0.0754. The Balaban J connectivity index is 1.91. The molecule has 4 aromatic rings. The first-order valence-electron chi connectivity index (χ1n) is 11.5. The summed E-state index contributed by atoms with van der Waals surface area (Å²) < 4.78 is 7.17.